The molecule has 0 amide bonds. The maximum atomic E-state index is 13.0. The van der Waals surface area contributed by atoms with Crippen LogP contribution in [-0.2, 0) is 19.7 Å². The number of benzene rings is 1. The monoisotopic (exact) mass is 318 g/mol. The lowest BCUT2D eigenvalue weighted by Crippen LogP contribution is -2.42. The van der Waals surface area contributed by atoms with E-state index in [1.54, 1.807) is 27.4 Å². The van der Waals surface area contributed by atoms with Crippen LogP contribution in [0.4, 0.5) is 8.78 Å². The second-order valence-corrected chi connectivity index (χ2v) is 8.05. The van der Waals surface area contributed by atoms with Gasteiger partial charge >= 0.3 is 8.80 Å². The average Bonchev–Trinajstić information content (AvgIpc) is 2.51. The van der Waals surface area contributed by atoms with E-state index in [4.69, 9.17) is 13.3 Å². The second-order valence-electron chi connectivity index (χ2n) is 4.96. The highest BCUT2D eigenvalue weighted by atomic mass is 28.4. The number of hydrogen-bond donors (Lipinski definition) is 0. The molecule has 0 aromatic heterocycles. The van der Waals surface area contributed by atoms with Crippen molar-refractivity contribution in [3.05, 3.63) is 35.4 Å². The van der Waals surface area contributed by atoms with Crippen LogP contribution < -0.4 is 0 Å². The summed E-state index contributed by atoms with van der Waals surface area (Å²) in [6.45, 7) is 0. The van der Waals surface area contributed by atoms with Gasteiger partial charge in [0.2, 0.25) is 0 Å². The molecule has 0 heterocycles. The molecule has 1 rings (SSSR count). The van der Waals surface area contributed by atoms with Crippen molar-refractivity contribution in [1.82, 2.24) is 0 Å². The van der Waals surface area contributed by atoms with Crippen molar-refractivity contribution in [1.29, 1.82) is 0 Å². The molecule has 21 heavy (non-hydrogen) atoms. The van der Waals surface area contributed by atoms with E-state index < -0.39 is 20.4 Å². The van der Waals surface area contributed by atoms with E-state index in [9.17, 15) is 8.78 Å². The molecule has 1 aromatic carbocycles. The van der Waals surface area contributed by atoms with Crippen LogP contribution in [0.1, 0.15) is 31.2 Å². The molecule has 0 radical (unpaired) electrons. The Labute approximate surface area is 126 Å². The van der Waals surface area contributed by atoms with Gasteiger partial charge < -0.3 is 13.3 Å². The maximum absolute atomic E-state index is 13.0. The molecule has 0 unspecified atom stereocenters. The van der Waals surface area contributed by atoms with Gasteiger partial charge in [-0.3, -0.25) is 0 Å². The van der Waals surface area contributed by atoms with Gasteiger partial charge in [-0.25, -0.2) is 8.78 Å². The number of halogens is 2. The third-order valence-corrected chi connectivity index (χ3v) is 6.45. The summed E-state index contributed by atoms with van der Waals surface area (Å²) in [7, 11) is 2.39. The molecule has 0 aliphatic heterocycles. The summed E-state index contributed by atoms with van der Waals surface area (Å²) in [5.74, 6) is -1.57. The molecule has 0 fully saturated rings. The van der Waals surface area contributed by atoms with Gasteiger partial charge in [0.15, 0.2) is 11.6 Å². The first-order valence-electron chi connectivity index (χ1n) is 7.16. The molecule has 6 heteroatoms. The van der Waals surface area contributed by atoms with E-state index in [2.05, 4.69) is 0 Å². The van der Waals surface area contributed by atoms with Crippen LogP contribution in [0.25, 0.3) is 0 Å². The Morgan fingerprint density at radius 1 is 0.857 bits per heavy atom. The van der Waals surface area contributed by atoms with Crippen molar-refractivity contribution in [3.8, 4) is 0 Å². The molecule has 0 aliphatic rings. The Hall–Kier alpha value is -0.823. The Morgan fingerprint density at radius 3 is 2.05 bits per heavy atom. The summed E-state index contributed by atoms with van der Waals surface area (Å²) in [5.41, 5.74) is 0.836. The zero-order valence-corrected chi connectivity index (χ0v) is 14.0. The van der Waals surface area contributed by atoms with Crippen molar-refractivity contribution in [2.75, 3.05) is 21.3 Å². The number of rotatable bonds is 10. The van der Waals surface area contributed by atoms with Crippen molar-refractivity contribution in [2.24, 2.45) is 0 Å². The van der Waals surface area contributed by atoms with E-state index in [1.807, 2.05) is 0 Å². The lowest BCUT2D eigenvalue weighted by molar-refractivity contribution is 0.122. The first-order chi connectivity index (χ1) is 10.1. The van der Waals surface area contributed by atoms with Gasteiger partial charge in [-0.1, -0.05) is 18.9 Å². The van der Waals surface area contributed by atoms with Crippen LogP contribution >= 0.6 is 0 Å². The van der Waals surface area contributed by atoms with Crippen LogP contribution in [0, 0.1) is 11.6 Å². The van der Waals surface area contributed by atoms with Crippen molar-refractivity contribution < 1.29 is 22.1 Å². The molecule has 120 valence electrons. The lowest BCUT2D eigenvalue weighted by atomic mass is 10.1. The van der Waals surface area contributed by atoms with Crippen LogP contribution in [0.3, 0.4) is 0 Å². The van der Waals surface area contributed by atoms with Crippen molar-refractivity contribution in [2.45, 2.75) is 38.1 Å². The predicted octanol–water partition coefficient (Wildman–Crippen LogP) is 3.95. The minimum atomic E-state index is -2.45. The van der Waals surface area contributed by atoms with E-state index in [-0.39, 0.29) is 0 Å². The number of hydrogen-bond acceptors (Lipinski definition) is 3. The number of aryl methyl sites for hydroxylation is 1. The van der Waals surface area contributed by atoms with Crippen LogP contribution in [0.5, 0.6) is 0 Å². The molecule has 0 spiro atoms. The van der Waals surface area contributed by atoms with Crippen molar-refractivity contribution in [3.63, 3.8) is 0 Å². The molecule has 0 N–H and O–H groups in total. The van der Waals surface area contributed by atoms with Crippen LogP contribution in [-0.4, -0.2) is 30.1 Å². The van der Waals surface area contributed by atoms with E-state index in [1.165, 1.54) is 12.1 Å². The summed E-state index contributed by atoms with van der Waals surface area (Å²) >= 11 is 0. The predicted molar refractivity (Wildman–Crippen MR) is 80.1 cm³/mol. The summed E-state index contributed by atoms with van der Waals surface area (Å²) in [6.07, 6.45) is 4.75. The Bertz CT molecular complexity index is 417. The van der Waals surface area contributed by atoms with E-state index in [0.29, 0.717) is 0 Å². The fourth-order valence-electron chi connectivity index (χ4n) is 2.28. The summed E-state index contributed by atoms with van der Waals surface area (Å²) in [6, 6.07) is 4.88. The Balaban J connectivity index is 2.21. The zero-order chi connectivity index (χ0) is 15.7. The van der Waals surface area contributed by atoms with E-state index in [0.717, 1.165) is 43.7 Å². The van der Waals surface area contributed by atoms with Gasteiger partial charge in [-0.05, 0) is 37.0 Å². The highest BCUT2D eigenvalue weighted by Crippen LogP contribution is 2.18. The van der Waals surface area contributed by atoms with E-state index >= 15 is 0 Å². The highest BCUT2D eigenvalue weighted by Gasteiger charge is 2.36. The SMILES string of the molecule is CO[Si](CCCCCCc1ccc(F)c(F)c1)(OC)OC. The first kappa shape index (κ1) is 18.2. The molecule has 0 bridgehead atoms. The highest BCUT2D eigenvalue weighted by molar-refractivity contribution is 6.60. The van der Waals surface area contributed by atoms with Gasteiger partial charge in [-0.2, -0.15) is 0 Å². The maximum Gasteiger partial charge on any atom is 0.500 e. The molecule has 0 saturated carbocycles. The Kier molecular flexibility index (Phi) is 8.03. The molecule has 3 nitrogen and oxygen atoms in total. The molecule has 0 atom stereocenters. The fourth-order valence-corrected chi connectivity index (χ4v) is 4.07. The minimum Gasteiger partial charge on any atom is -0.377 e. The van der Waals surface area contributed by atoms with Gasteiger partial charge in [0, 0.05) is 27.4 Å². The summed E-state index contributed by atoms with van der Waals surface area (Å²) < 4.78 is 41.9. The smallest absolute Gasteiger partial charge is 0.377 e. The minimum absolute atomic E-state index is 0.763. The quantitative estimate of drug-likeness (QED) is 0.483. The molecule has 0 aliphatic carbocycles. The summed E-state index contributed by atoms with van der Waals surface area (Å²) in [5, 5.41) is 0. The third kappa shape index (κ3) is 5.82. The second kappa shape index (κ2) is 9.25. The fraction of sp³-hybridized carbons (Fsp3) is 0.600. The first-order valence-corrected chi connectivity index (χ1v) is 9.09. The van der Waals surface area contributed by atoms with Gasteiger partial charge in [0.1, 0.15) is 0 Å². The topological polar surface area (TPSA) is 27.7 Å². The lowest BCUT2D eigenvalue weighted by Gasteiger charge is -2.24. The zero-order valence-electron chi connectivity index (χ0n) is 13.0. The molecule has 1 aromatic rings. The standard InChI is InChI=1S/C15H24F2O3Si/c1-18-21(19-2,20-3)11-7-5-4-6-8-13-9-10-14(16)15(17)12-13/h9-10,12H,4-8,11H2,1-3H3. The Morgan fingerprint density at radius 2 is 1.48 bits per heavy atom. The van der Waals surface area contributed by atoms with Crippen molar-refractivity contribution >= 4 is 8.80 Å². The van der Waals surface area contributed by atoms with Crippen LogP contribution in [0.2, 0.25) is 6.04 Å². The van der Waals surface area contributed by atoms with Gasteiger partial charge in [0.25, 0.3) is 0 Å². The van der Waals surface area contributed by atoms with Gasteiger partial charge in [-0.15, -0.1) is 0 Å². The number of unbranched alkanes of at least 4 members (excludes halogenated alkanes) is 3. The van der Waals surface area contributed by atoms with Gasteiger partial charge in [0.05, 0.1) is 0 Å². The third-order valence-electron chi connectivity index (χ3n) is 3.62. The molecular weight excluding hydrogens is 294 g/mol. The molecule has 0 saturated heterocycles. The van der Waals surface area contributed by atoms with Crippen LogP contribution in [0.15, 0.2) is 18.2 Å². The molecular formula is C15H24F2O3Si. The largest absolute Gasteiger partial charge is 0.500 e. The normalized spacial score (nSPS) is 11.9. The summed E-state index contributed by atoms with van der Waals surface area (Å²) in [4.78, 5) is 0. The average molecular weight is 318 g/mol.